The number of morpholine rings is 1. The first kappa shape index (κ1) is 26.6. The third kappa shape index (κ3) is 5.95. The van der Waals surface area contributed by atoms with E-state index >= 15 is 0 Å². The highest BCUT2D eigenvalue weighted by Crippen LogP contribution is 2.40. The first-order valence-electron chi connectivity index (χ1n) is 12.7. The highest BCUT2D eigenvalue weighted by atomic mass is 16.5. The van der Waals surface area contributed by atoms with Gasteiger partial charge in [-0.2, -0.15) is 0 Å². The van der Waals surface area contributed by atoms with Gasteiger partial charge in [0.25, 0.3) is 11.7 Å². The Labute approximate surface area is 219 Å². The molecule has 0 saturated carbocycles. The maximum absolute atomic E-state index is 13.3. The van der Waals surface area contributed by atoms with Gasteiger partial charge in [-0.1, -0.05) is 57.7 Å². The summed E-state index contributed by atoms with van der Waals surface area (Å²) in [7, 11) is 0. The number of aliphatic hydroxyl groups is 1. The zero-order valence-corrected chi connectivity index (χ0v) is 21.9. The van der Waals surface area contributed by atoms with E-state index in [-0.39, 0.29) is 16.7 Å². The normalized spacial score (nSPS) is 20.3. The minimum atomic E-state index is -0.674. The molecule has 0 radical (unpaired) electrons. The van der Waals surface area contributed by atoms with E-state index in [2.05, 4.69) is 32.3 Å². The van der Waals surface area contributed by atoms with Crippen molar-refractivity contribution in [3.8, 4) is 5.75 Å². The van der Waals surface area contributed by atoms with Crippen LogP contribution in [0.2, 0.25) is 0 Å². The third-order valence-corrected chi connectivity index (χ3v) is 6.89. The fourth-order valence-corrected chi connectivity index (χ4v) is 4.72. The second-order valence-corrected chi connectivity index (χ2v) is 10.4. The van der Waals surface area contributed by atoms with Crippen LogP contribution < -0.4 is 4.74 Å². The van der Waals surface area contributed by atoms with Crippen molar-refractivity contribution in [2.24, 2.45) is 0 Å². The number of hydrogen-bond acceptors (Lipinski definition) is 6. The number of ketones is 1. The number of hydrogen-bond donors (Lipinski definition) is 1. The van der Waals surface area contributed by atoms with Crippen molar-refractivity contribution in [3.63, 3.8) is 0 Å². The van der Waals surface area contributed by atoms with Crippen LogP contribution >= 0.6 is 0 Å². The molecule has 0 unspecified atom stereocenters. The summed E-state index contributed by atoms with van der Waals surface area (Å²) in [6.07, 6.45) is 1.65. The van der Waals surface area contributed by atoms with Gasteiger partial charge in [-0.15, -0.1) is 0 Å². The highest BCUT2D eigenvalue weighted by Gasteiger charge is 2.46. The van der Waals surface area contributed by atoms with Gasteiger partial charge in [-0.05, 0) is 40.8 Å². The van der Waals surface area contributed by atoms with Gasteiger partial charge in [-0.3, -0.25) is 14.5 Å². The Kier molecular flexibility index (Phi) is 8.15. The second kappa shape index (κ2) is 11.3. The summed E-state index contributed by atoms with van der Waals surface area (Å²) >= 11 is 0. The van der Waals surface area contributed by atoms with Gasteiger partial charge in [0.15, 0.2) is 0 Å². The molecule has 0 aliphatic carbocycles. The van der Waals surface area contributed by atoms with Crippen LogP contribution in [-0.4, -0.2) is 72.6 Å². The lowest BCUT2D eigenvalue weighted by Gasteiger charge is -2.31. The van der Waals surface area contributed by atoms with Crippen LogP contribution in [0.3, 0.4) is 0 Å². The van der Waals surface area contributed by atoms with Crippen molar-refractivity contribution < 1.29 is 24.2 Å². The molecule has 196 valence electrons. The maximum Gasteiger partial charge on any atom is 0.295 e. The second-order valence-electron chi connectivity index (χ2n) is 10.4. The van der Waals surface area contributed by atoms with Gasteiger partial charge in [0.2, 0.25) is 0 Å². The standard InChI is InChI=1S/C30H36N2O5/c1-5-18-37-24-12-8-22(9-13-24)27(33)25-26(21-6-10-23(11-7-21)30(2,3)4)32(29(35)28(25)34)15-14-31-16-19-36-20-17-31/h5-13,26,33H,1,14-20H2,2-4H3/t26-/m0/s1. The number of likely N-dealkylation sites (tertiary alicyclic amines) is 1. The van der Waals surface area contributed by atoms with E-state index in [9.17, 15) is 14.7 Å². The van der Waals surface area contributed by atoms with Gasteiger partial charge in [0.1, 0.15) is 18.1 Å². The van der Waals surface area contributed by atoms with Crippen LogP contribution in [-0.2, 0) is 19.7 Å². The predicted molar refractivity (Wildman–Crippen MR) is 144 cm³/mol. The van der Waals surface area contributed by atoms with Crippen molar-refractivity contribution in [1.82, 2.24) is 9.80 Å². The van der Waals surface area contributed by atoms with Crippen LogP contribution in [0.25, 0.3) is 5.76 Å². The Morgan fingerprint density at radius 2 is 1.70 bits per heavy atom. The molecule has 2 aliphatic rings. The molecule has 2 aliphatic heterocycles. The van der Waals surface area contributed by atoms with Crippen LogP contribution in [0.4, 0.5) is 0 Å². The number of nitrogens with zero attached hydrogens (tertiary/aromatic N) is 2. The molecule has 2 saturated heterocycles. The van der Waals surface area contributed by atoms with Gasteiger partial charge in [-0.25, -0.2) is 0 Å². The van der Waals surface area contributed by atoms with Crippen molar-refractivity contribution in [2.45, 2.75) is 32.2 Å². The summed E-state index contributed by atoms with van der Waals surface area (Å²) in [6.45, 7) is 14.3. The number of benzene rings is 2. The molecule has 1 amide bonds. The van der Waals surface area contributed by atoms with E-state index < -0.39 is 17.7 Å². The van der Waals surface area contributed by atoms with E-state index in [4.69, 9.17) is 9.47 Å². The fourth-order valence-electron chi connectivity index (χ4n) is 4.72. The van der Waals surface area contributed by atoms with Crippen molar-refractivity contribution >= 4 is 17.4 Å². The summed E-state index contributed by atoms with van der Waals surface area (Å²) in [5.41, 5.74) is 2.47. The van der Waals surface area contributed by atoms with E-state index in [1.165, 1.54) is 0 Å². The Morgan fingerprint density at radius 1 is 1.05 bits per heavy atom. The number of ether oxygens (including phenoxy) is 2. The summed E-state index contributed by atoms with van der Waals surface area (Å²) in [4.78, 5) is 30.4. The molecular weight excluding hydrogens is 468 g/mol. The van der Waals surface area contributed by atoms with Gasteiger partial charge in [0.05, 0.1) is 24.8 Å². The van der Waals surface area contributed by atoms with Crippen molar-refractivity contribution in [3.05, 3.63) is 83.4 Å². The smallest absolute Gasteiger partial charge is 0.295 e. The Morgan fingerprint density at radius 3 is 2.30 bits per heavy atom. The largest absolute Gasteiger partial charge is 0.507 e. The lowest BCUT2D eigenvalue weighted by molar-refractivity contribution is -0.140. The van der Waals surface area contributed by atoms with Crippen molar-refractivity contribution in [2.75, 3.05) is 46.0 Å². The number of carbonyl (C=O) groups excluding carboxylic acids is 2. The molecular formula is C30H36N2O5. The Bertz CT molecular complexity index is 1160. The molecule has 1 atom stereocenters. The third-order valence-electron chi connectivity index (χ3n) is 6.89. The van der Waals surface area contributed by atoms with Crippen LogP contribution in [0.15, 0.2) is 66.8 Å². The average Bonchev–Trinajstić information content (AvgIpc) is 3.15. The first-order valence-corrected chi connectivity index (χ1v) is 12.7. The minimum absolute atomic E-state index is 0.0356. The summed E-state index contributed by atoms with van der Waals surface area (Å²) in [5, 5.41) is 11.3. The number of rotatable bonds is 8. The fraction of sp³-hybridized carbons (Fsp3) is 0.400. The van der Waals surface area contributed by atoms with E-state index in [1.54, 1.807) is 35.2 Å². The van der Waals surface area contributed by atoms with E-state index in [0.717, 1.165) is 24.2 Å². The van der Waals surface area contributed by atoms with E-state index in [1.807, 2.05) is 24.3 Å². The van der Waals surface area contributed by atoms with Crippen LogP contribution in [0.5, 0.6) is 5.75 Å². The first-order chi connectivity index (χ1) is 17.7. The molecule has 0 spiro atoms. The molecule has 2 fully saturated rings. The van der Waals surface area contributed by atoms with Gasteiger partial charge < -0.3 is 19.5 Å². The quantitative estimate of drug-likeness (QED) is 0.250. The monoisotopic (exact) mass is 504 g/mol. The molecule has 0 aromatic heterocycles. The molecule has 7 heteroatoms. The van der Waals surface area contributed by atoms with Crippen molar-refractivity contribution in [1.29, 1.82) is 0 Å². The highest BCUT2D eigenvalue weighted by molar-refractivity contribution is 6.46. The molecule has 7 nitrogen and oxygen atoms in total. The Balaban J connectivity index is 1.71. The number of Topliss-reactive ketones (excluding diaryl/α,β-unsaturated/α-hetero) is 1. The average molecular weight is 505 g/mol. The number of amides is 1. The molecule has 4 rings (SSSR count). The molecule has 2 aromatic rings. The molecule has 37 heavy (non-hydrogen) atoms. The van der Waals surface area contributed by atoms with E-state index in [0.29, 0.717) is 44.2 Å². The molecule has 2 aromatic carbocycles. The lowest BCUT2D eigenvalue weighted by Crippen LogP contribution is -2.42. The Hall–Kier alpha value is -3.42. The summed E-state index contributed by atoms with van der Waals surface area (Å²) in [6, 6.07) is 14.1. The topological polar surface area (TPSA) is 79.3 Å². The number of aliphatic hydroxyl groups excluding tert-OH is 1. The zero-order valence-electron chi connectivity index (χ0n) is 21.9. The summed E-state index contributed by atoms with van der Waals surface area (Å²) < 4.78 is 11.0. The maximum atomic E-state index is 13.3. The predicted octanol–water partition coefficient (Wildman–Crippen LogP) is 4.30. The van der Waals surface area contributed by atoms with Crippen LogP contribution in [0, 0.1) is 0 Å². The van der Waals surface area contributed by atoms with Gasteiger partial charge in [0, 0.05) is 31.7 Å². The number of carbonyl (C=O) groups is 2. The molecule has 1 N–H and O–H groups in total. The SMILES string of the molecule is C=CCOc1ccc(C(O)=C2C(=O)C(=O)N(CCN3CCOCC3)[C@H]2c2ccc(C(C)(C)C)cc2)cc1. The minimum Gasteiger partial charge on any atom is -0.507 e. The zero-order chi connectivity index (χ0) is 26.6. The summed E-state index contributed by atoms with van der Waals surface area (Å²) in [5.74, 6) is -0.828. The molecule has 0 bridgehead atoms. The molecule has 2 heterocycles. The van der Waals surface area contributed by atoms with Crippen LogP contribution in [0.1, 0.15) is 43.5 Å². The lowest BCUT2D eigenvalue weighted by atomic mass is 9.85. The van der Waals surface area contributed by atoms with Gasteiger partial charge >= 0.3 is 0 Å².